The number of benzene rings is 2. The highest BCUT2D eigenvalue weighted by atomic mass is 79.9. The molecule has 0 spiro atoms. The van der Waals surface area contributed by atoms with Gasteiger partial charge >= 0.3 is 0 Å². The Bertz CT molecular complexity index is 1070. The Morgan fingerprint density at radius 3 is 2.72 bits per heavy atom. The van der Waals surface area contributed by atoms with Crippen LogP contribution in [0.5, 0.6) is 0 Å². The Kier molecular flexibility index (Phi) is 3.85. The number of aromatic nitrogens is 3. The lowest BCUT2D eigenvalue weighted by molar-refractivity contribution is 0.102. The van der Waals surface area contributed by atoms with Crippen LogP contribution in [-0.2, 0) is 0 Å². The first kappa shape index (κ1) is 15.6. The van der Waals surface area contributed by atoms with Crippen LogP contribution in [0.15, 0.2) is 63.7 Å². The van der Waals surface area contributed by atoms with Gasteiger partial charge in [0.25, 0.3) is 5.91 Å². The second-order valence-electron chi connectivity index (χ2n) is 5.52. The Morgan fingerprint density at radius 2 is 2.00 bits per heavy atom. The highest BCUT2D eigenvalue weighted by Crippen LogP contribution is 2.20. The third kappa shape index (κ3) is 3.18. The molecule has 2 aromatic heterocycles. The van der Waals surface area contributed by atoms with E-state index in [1.54, 1.807) is 48.1 Å². The highest BCUT2D eigenvalue weighted by molar-refractivity contribution is 9.10. The fraction of sp³-hybridized carbons (Fsp3) is 0.0556. The van der Waals surface area contributed by atoms with Crippen molar-refractivity contribution in [3.63, 3.8) is 0 Å². The van der Waals surface area contributed by atoms with Crippen molar-refractivity contribution >= 4 is 38.6 Å². The first-order chi connectivity index (χ1) is 12.1. The number of carbonyl (C=O) groups is 1. The van der Waals surface area contributed by atoms with Crippen LogP contribution < -0.4 is 5.32 Å². The molecule has 0 unspecified atom stereocenters. The van der Waals surface area contributed by atoms with E-state index in [4.69, 9.17) is 4.42 Å². The maximum Gasteiger partial charge on any atom is 0.255 e. The van der Waals surface area contributed by atoms with Gasteiger partial charge in [0.05, 0.1) is 16.4 Å². The number of aryl methyl sites for hydroxylation is 1. The molecule has 0 aliphatic heterocycles. The first-order valence-electron chi connectivity index (χ1n) is 7.58. The number of anilines is 1. The average Bonchev–Trinajstić information content (AvgIpc) is 3.19. The van der Waals surface area contributed by atoms with Crippen LogP contribution in [0, 0.1) is 6.92 Å². The molecule has 124 valence electrons. The summed E-state index contributed by atoms with van der Waals surface area (Å²) in [6.07, 6.45) is 3.56. The smallest absolute Gasteiger partial charge is 0.255 e. The lowest BCUT2D eigenvalue weighted by Crippen LogP contribution is -2.11. The van der Waals surface area contributed by atoms with E-state index >= 15 is 0 Å². The van der Waals surface area contributed by atoms with Gasteiger partial charge in [-0.15, -0.1) is 0 Å². The molecule has 4 rings (SSSR count). The summed E-state index contributed by atoms with van der Waals surface area (Å²) < 4.78 is 8.06. The molecule has 0 bridgehead atoms. The van der Waals surface area contributed by atoms with E-state index in [0.29, 0.717) is 22.7 Å². The van der Waals surface area contributed by atoms with Gasteiger partial charge in [0.2, 0.25) is 0 Å². The number of amides is 1. The van der Waals surface area contributed by atoms with E-state index in [-0.39, 0.29) is 5.91 Å². The van der Waals surface area contributed by atoms with Crippen LogP contribution in [0.4, 0.5) is 5.69 Å². The topological polar surface area (TPSA) is 73.0 Å². The van der Waals surface area contributed by atoms with Crippen LogP contribution in [-0.4, -0.2) is 20.7 Å². The maximum absolute atomic E-state index is 12.4. The second-order valence-corrected chi connectivity index (χ2v) is 6.44. The zero-order valence-corrected chi connectivity index (χ0v) is 14.8. The molecule has 0 aliphatic carbocycles. The van der Waals surface area contributed by atoms with E-state index in [1.807, 2.05) is 18.3 Å². The molecule has 0 saturated heterocycles. The standard InChI is InChI=1S/C18H13BrN4O2/c1-11-21-16-8-14(4-7-17(16)25-11)22-18(24)12-2-5-15(6-3-12)23-10-13(19)9-20-23/h2-10H,1H3,(H,22,24). The minimum absolute atomic E-state index is 0.187. The molecule has 2 aromatic carbocycles. The number of nitrogens with zero attached hydrogens (tertiary/aromatic N) is 3. The van der Waals surface area contributed by atoms with E-state index in [2.05, 4.69) is 31.3 Å². The lowest BCUT2D eigenvalue weighted by atomic mass is 10.2. The Balaban J connectivity index is 1.53. The monoisotopic (exact) mass is 396 g/mol. The number of oxazole rings is 1. The normalized spacial score (nSPS) is 11.0. The quantitative estimate of drug-likeness (QED) is 0.558. The molecule has 0 fully saturated rings. The summed E-state index contributed by atoms with van der Waals surface area (Å²) in [6, 6.07) is 12.6. The van der Waals surface area contributed by atoms with Crippen molar-refractivity contribution in [3.05, 3.63) is 70.8 Å². The van der Waals surface area contributed by atoms with Gasteiger partial charge < -0.3 is 9.73 Å². The van der Waals surface area contributed by atoms with E-state index in [0.717, 1.165) is 15.7 Å². The van der Waals surface area contributed by atoms with Gasteiger partial charge in [0.15, 0.2) is 11.5 Å². The number of rotatable bonds is 3. The van der Waals surface area contributed by atoms with Crippen molar-refractivity contribution in [3.8, 4) is 5.69 Å². The molecule has 4 aromatic rings. The number of fused-ring (bicyclic) bond motifs is 1. The van der Waals surface area contributed by atoms with Crippen molar-refractivity contribution < 1.29 is 9.21 Å². The number of halogens is 1. The van der Waals surface area contributed by atoms with Crippen LogP contribution in [0.2, 0.25) is 0 Å². The summed E-state index contributed by atoms with van der Waals surface area (Å²) in [5.74, 6) is 0.409. The summed E-state index contributed by atoms with van der Waals surface area (Å²) in [4.78, 5) is 16.7. The summed E-state index contributed by atoms with van der Waals surface area (Å²) in [5, 5.41) is 7.09. The summed E-state index contributed by atoms with van der Waals surface area (Å²) in [6.45, 7) is 1.79. The van der Waals surface area contributed by atoms with Gasteiger partial charge in [0.1, 0.15) is 5.52 Å². The number of nitrogens with one attached hydrogen (secondary N) is 1. The van der Waals surface area contributed by atoms with Gasteiger partial charge in [-0.2, -0.15) is 5.10 Å². The fourth-order valence-electron chi connectivity index (χ4n) is 2.53. The second kappa shape index (κ2) is 6.18. The van der Waals surface area contributed by atoms with Gasteiger partial charge in [-0.05, 0) is 58.4 Å². The molecule has 0 aliphatic rings. The molecule has 0 atom stereocenters. The average molecular weight is 397 g/mol. The third-order valence-electron chi connectivity index (χ3n) is 3.70. The minimum Gasteiger partial charge on any atom is -0.441 e. The van der Waals surface area contributed by atoms with Crippen molar-refractivity contribution in [1.82, 2.24) is 14.8 Å². The lowest BCUT2D eigenvalue weighted by Gasteiger charge is -2.06. The van der Waals surface area contributed by atoms with Gasteiger partial charge in [0, 0.05) is 24.4 Å². The Hall–Kier alpha value is -2.93. The molecular weight excluding hydrogens is 384 g/mol. The van der Waals surface area contributed by atoms with Gasteiger partial charge in [-0.3, -0.25) is 4.79 Å². The molecule has 0 radical (unpaired) electrons. The number of carbonyl (C=O) groups excluding carboxylic acids is 1. The fourth-order valence-corrected chi connectivity index (χ4v) is 2.82. The molecule has 6 nitrogen and oxygen atoms in total. The molecule has 0 saturated carbocycles. The van der Waals surface area contributed by atoms with Crippen molar-refractivity contribution in [2.24, 2.45) is 0 Å². The third-order valence-corrected chi connectivity index (χ3v) is 4.11. The predicted octanol–water partition coefficient (Wildman–Crippen LogP) is 4.34. The van der Waals surface area contributed by atoms with Crippen molar-refractivity contribution in [2.75, 3.05) is 5.32 Å². The van der Waals surface area contributed by atoms with Crippen molar-refractivity contribution in [1.29, 1.82) is 0 Å². The van der Waals surface area contributed by atoms with Crippen LogP contribution >= 0.6 is 15.9 Å². The van der Waals surface area contributed by atoms with Crippen LogP contribution in [0.25, 0.3) is 16.8 Å². The predicted molar refractivity (Wildman–Crippen MR) is 98.0 cm³/mol. The summed E-state index contributed by atoms with van der Waals surface area (Å²) >= 11 is 3.36. The molecule has 7 heteroatoms. The molecule has 1 amide bonds. The summed E-state index contributed by atoms with van der Waals surface area (Å²) in [5.41, 5.74) is 3.53. The number of hydrogen-bond donors (Lipinski definition) is 1. The Labute approximate surface area is 151 Å². The maximum atomic E-state index is 12.4. The van der Waals surface area contributed by atoms with Crippen LogP contribution in [0.3, 0.4) is 0 Å². The van der Waals surface area contributed by atoms with E-state index in [9.17, 15) is 4.79 Å². The Morgan fingerprint density at radius 1 is 1.20 bits per heavy atom. The van der Waals surface area contributed by atoms with Gasteiger partial charge in [-0.1, -0.05) is 0 Å². The number of hydrogen-bond acceptors (Lipinski definition) is 4. The molecule has 1 N–H and O–H groups in total. The highest BCUT2D eigenvalue weighted by Gasteiger charge is 2.09. The largest absolute Gasteiger partial charge is 0.441 e. The molecule has 2 heterocycles. The SMILES string of the molecule is Cc1nc2cc(NC(=O)c3ccc(-n4cc(Br)cn4)cc3)ccc2o1. The summed E-state index contributed by atoms with van der Waals surface area (Å²) in [7, 11) is 0. The molecular formula is C18H13BrN4O2. The molecule has 25 heavy (non-hydrogen) atoms. The van der Waals surface area contributed by atoms with Crippen molar-refractivity contribution in [2.45, 2.75) is 6.92 Å². The van der Waals surface area contributed by atoms with Crippen LogP contribution in [0.1, 0.15) is 16.2 Å². The first-order valence-corrected chi connectivity index (χ1v) is 8.37. The minimum atomic E-state index is -0.187. The zero-order valence-electron chi connectivity index (χ0n) is 13.2. The van der Waals surface area contributed by atoms with E-state index in [1.165, 1.54) is 0 Å². The van der Waals surface area contributed by atoms with E-state index < -0.39 is 0 Å². The zero-order chi connectivity index (χ0) is 17.4. The van der Waals surface area contributed by atoms with Gasteiger partial charge in [-0.25, -0.2) is 9.67 Å².